The van der Waals surface area contributed by atoms with Gasteiger partial charge in [0, 0.05) is 17.7 Å². The summed E-state index contributed by atoms with van der Waals surface area (Å²) in [5.41, 5.74) is 0.551. The van der Waals surface area contributed by atoms with E-state index in [2.05, 4.69) is 0 Å². The maximum absolute atomic E-state index is 10.3. The molecule has 0 aliphatic carbocycles. The van der Waals surface area contributed by atoms with Crippen LogP contribution in [0.15, 0.2) is 24.3 Å². The van der Waals surface area contributed by atoms with Crippen LogP contribution in [-0.4, -0.2) is 17.4 Å². The van der Waals surface area contributed by atoms with Crippen LogP contribution in [0.1, 0.15) is 12.5 Å². The van der Waals surface area contributed by atoms with Gasteiger partial charge >= 0.3 is 0 Å². The topological polar surface area (TPSA) is 76.2 Å². The van der Waals surface area contributed by atoms with Gasteiger partial charge in [-0.3, -0.25) is 15.5 Å². The number of rotatable bonds is 3. The van der Waals surface area contributed by atoms with Crippen LogP contribution in [0.25, 0.3) is 0 Å². The van der Waals surface area contributed by atoms with Crippen molar-refractivity contribution < 1.29 is 9.66 Å². The summed E-state index contributed by atoms with van der Waals surface area (Å²) in [4.78, 5) is 9.85. The van der Waals surface area contributed by atoms with Gasteiger partial charge in [0.05, 0.1) is 11.5 Å². The Morgan fingerprint density at radius 3 is 2.50 bits per heavy atom. The van der Waals surface area contributed by atoms with Gasteiger partial charge in [-0.2, -0.15) is 0 Å². The van der Waals surface area contributed by atoms with Gasteiger partial charge in [0.2, 0.25) is 5.90 Å². The zero-order chi connectivity index (χ0) is 10.6. The molecule has 14 heavy (non-hydrogen) atoms. The van der Waals surface area contributed by atoms with E-state index in [4.69, 9.17) is 10.1 Å². The molecule has 0 heterocycles. The summed E-state index contributed by atoms with van der Waals surface area (Å²) in [7, 11) is 0. The Morgan fingerprint density at radius 1 is 1.50 bits per heavy atom. The summed E-state index contributed by atoms with van der Waals surface area (Å²) < 4.78 is 4.94. The highest BCUT2D eigenvalue weighted by Gasteiger charge is 2.06. The molecule has 1 N–H and O–H groups in total. The average molecular weight is 195 g/mol. The molecule has 0 bridgehead atoms. The van der Waals surface area contributed by atoms with Crippen molar-refractivity contribution in [2.24, 2.45) is 0 Å². The Hall–Kier alpha value is -1.91. The first-order valence-electron chi connectivity index (χ1n) is 4.11. The van der Waals surface area contributed by atoms with E-state index in [9.17, 15) is 10.1 Å². The van der Waals surface area contributed by atoms with Gasteiger partial charge in [0.25, 0.3) is 5.69 Å². The molecule has 1 rings (SSSR count). The van der Waals surface area contributed by atoms with E-state index >= 15 is 0 Å². The fourth-order valence-corrected chi connectivity index (χ4v) is 0.962. The van der Waals surface area contributed by atoms with Gasteiger partial charge < -0.3 is 4.74 Å². The van der Waals surface area contributed by atoms with E-state index < -0.39 is 4.92 Å². The van der Waals surface area contributed by atoms with Gasteiger partial charge in [-0.25, -0.2) is 0 Å². The number of nitro groups is 1. The van der Waals surface area contributed by atoms with Crippen LogP contribution >= 0.6 is 0 Å². The zero-order valence-corrected chi connectivity index (χ0v) is 7.69. The molecule has 0 saturated heterocycles. The predicted octanol–water partition coefficient (Wildman–Crippen LogP) is 1.96. The van der Waals surface area contributed by atoms with Gasteiger partial charge in [-0.15, -0.1) is 0 Å². The largest absolute Gasteiger partial charge is 0.478 e. The lowest BCUT2D eigenvalue weighted by Gasteiger charge is -2.03. The molecule has 0 aromatic heterocycles. The van der Waals surface area contributed by atoms with Crippen molar-refractivity contribution in [1.82, 2.24) is 0 Å². The summed E-state index contributed by atoms with van der Waals surface area (Å²) in [6, 6.07) is 5.69. The highest BCUT2D eigenvalue weighted by molar-refractivity contribution is 5.91. The summed E-state index contributed by atoms with van der Waals surface area (Å²) in [5.74, 6) is 0.0300. The molecule has 0 radical (unpaired) electrons. The minimum Gasteiger partial charge on any atom is -0.478 e. The van der Waals surface area contributed by atoms with Crippen molar-refractivity contribution in [2.75, 3.05) is 6.61 Å². The Kier molecular flexibility index (Phi) is 3.17. The lowest BCUT2D eigenvalue weighted by molar-refractivity contribution is -0.384. The number of hydrogen-bond acceptors (Lipinski definition) is 4. The molecule has 0 saturated carbocycles. The molecular weight excluding hydrogens is 185 g/mol. The lowest BCUT2D eigenvalue weighted by Crippen LogP contribution is -2.04. The van der Waals surface area contributed by atoms with E-state index in [1.54, 1.807) is 6.92 Å². The van der Waals surface area contributed by atoms with Crippen LogP contribution in [0.5, 0.6) is 0 Å². The highest BCUT2D eigenvalue weighted by atomic mass is 16.6. The third-order valence-electron chi connectivity index (χ3n) is 1.63. The lowest BCUT2D eigenvalue weighted by atomic mass is 10.2. The number of hydrogen-bond donors (Lipinski definition) is 1. The minimum atomic E-state index is -0.478. The van der Waals surface area contributed by atoms with Crippen molar-refractivity contribution in [3.8, 4) is 0 Å². The molecular formula is C9H10N2O3. The average Bonchev–Trinajstić information content (AvgIpc) is 2.18. The molecule has 0 spiro atoms. The summed E-state index contributed by atoms with van der Waals surface area (Å²) in [6.45, 7) is 2.19. The van der Waals surface area contributed by atoms with Crippen molar-refractivity contribution >= 4 is 11.6 Å². The first-order chi connectivity index (χ1) is 6.65. The van der Waals surface area contributed by atoms with E-state index in [0.717, 1.165) is 0 Å². The molecule has 0 unspecified atom stereocenters. The smallest absolute Gasteiger partial charge is 0.269 e. The Labute approximate surface area is 81.0 Å². The normalized spacial score (nSPS) is 9.50. The van der Waals surface area contributed by atoms with Crippen LogP contribution in [0, 0.1) is 15.5 Å². The molecule has 1 aromatic carbocycles. The monoisotopic (exact) mass is 195 g/mol. The van der Waals surface area contributed by atoms with E-state index in [-0.39, 0.29) is 11.6 Å². The maximum atomic E-state index is 10.3. The van der Waals surface area contributed by atoms with E-state index in [0.29, 0.717) is 12.2 Å². The summed E-state index contributed by atoms with van der Waals surface area (Å²) >= 11 is 0. The number of non-ortho nitro benzene ring substituents is 1. The number of nitro benzene ring substituents is 1. The second-order valence-corrected chi connectivity index (χ2v) is 2.57. The molecule has 1 aromatic rings. The minimum absolute atomic E-state index is 0.0121. The SMILES string of the molecule is CCOC(=[15NH])c1ccc([N+](=O)[O-])cc1. The predicted molar refractivity (Wildman–Crippen MR) is 51.6 cm³/mol. The first-order valence-corrected chi connectivity index (χ1v) is 4.11. The third-order valence-corrected chi connectivity index (χ3v) is 1.63. The van der Waals surface area contributed by atoms with Crippen molar-refractivity contribution in [1.29, 1.82) is 5.41 Å². The third kappa shape index (κ3) is 2.29. The molecule has 5 nitrogen and oxygen atoms in total. The molecule has 5 heteroatoms. The standard InChI is InChI=1S/C9H10N2O3/c1-2-14-9(10)7-3-5-8(6-4-7)11(12)13/h3-6,10H,2H2,1H3/i10+1. The molecule has 0 amide bonds. The van der Waals surface area contributed by atoms with Gasteiger partial charge in [-0.05, 0) is 19.1 Å². The molecule has 0 aliphatic rings. The molecule has 74 valence electrons. The van der Waals surface area contributed by atoms with Crippen molar-refractivity contribution in [3.05, 3.63) is 39.9 Å². The van der Waals surface area contributed by atoms with Gasteiger partial charge in [0.1, 0.15) is 0 Å². The fraction of sp³-hybridized carbons (Fsp3) is 0.222. The van der Waals surface area contributed by atoms with Gasteiger partial charge in [0.15, 0.2) is 0 Å². The van der Waals surface area contributed by atoms with Crippen molar-refractivity contribution in [3.63, 3.8) is 0 Å². The Bertz CT molecular complexity index is 346. The first kappa shape index (κ1) is 10.2. The van der Waals surface area contributed by atoms with E-state index in [1.165, 1.54) is 24.3 Å². The van der Waals surface area contributed by atoms with E-state index in [1.807, 2.05) is 0 Å². The highest BCUT2D eigenvalue weighted by Crippen LogP contribution is 2.12. The maximum Gasteiger partial charge on any atom is 0.269 e. The quantitative estimate of drug-likeness (QED) is 0.263. The number of benzene rings is 1. The number of nitrogens with zero attached hydrogens (tertiary/aromatic N) is 1. The fourth-order valence-electron chi connectivity index (χ4n) is 0.962. The number of ether oxygens (including phenoxy) is 1. The van der Waals surface area contributed by atoms with Crippen LogP contribution in [0.3, 0.4) is 0 Å². The summed E-state index contributed by atoms with van der Waals surface area (Å²) in [5, 5.41) is 17.7. The summed E-state index contributed by atoms with van der Waals surface area (Å²) in [6.07, 6.45) is 0. The molecule has 0 aliphatic heterocycles. The second kappa shape index (κ2) is 4.36. The van der Waals surface area contributed by atoms with Gasteiger partial charge in [-0.1, -0.05) is 0 Å². The molecule has 0 fully saturated rings. The van der Waals surface area contributed by atoms with Crippen molar-refractivity contribution in [2.45, 2.75) is 6.92 Å². The van der Waals surface area contributed by atoms with Crippen LogP contribution in [0.2, 0.25) is 0 Å². The van der Waals surface area contributed by atoms with Crippen LogP contribution in [-0.2, 0) is 4.74 Å². The second-order valence-electron chi connectivity index (χ2n) is 2.57. The molecule has 0 atom stereocenters. The Morgan fingerprint density at radius 2 is 2.07 bits per heavy atom. The zero-order valence-electron chi connectivity index (χ0n) is 7.69. The number of nitrogens with one attached hydrogen (secondary N) is 1. The van der Waals surface area contributed by atoms with Crippen LogP contribution in [0.4, 0.5) is 5.69 Å². The Balaban J connectivity index is 2.83. The van der Waals surface area contributed by atoms with Crippen LogP contribution < -0.4 is 0 Å².